The number of carbonyl (C=O) groups is 1. The molecular weight excluding hydrogens is 262 g/mol. The van der Waals surface area contributed by atoms with Crippen LogP contribution in [0.15, 0.2) is 36.4 Å². The van der Waals surface area contributed by atoms with Crippen LogP contribution in [0.3, 0.4) is 0 Å². The molecule has 0 saturated heterocycles. The first-order valence-corrected chi connectivity index (χ1v) is 7.09. The van der Waals surface area contributed by atoms with E-state index in [9.17, 15) is 4.79 Å². The van der Waals surface area contributed by atoms with Gasteiger partial charge < -0.3 is 5.32 Å². The van der Waals surface area contributed by atoms with Gasteiger partial charge in [-0.2, -0.15) is 5.10 Å². The molecule has 21 heavy (non-hydrogen) atoms. The summed E-state index contributed by atoms with van der Waals surface area (Å²) >= 11 is 0. The molecule has 4 nitrogen and oxygen atoms in total. The Balaban J connectivity index is 2.28. The number of benzene rings is 1. The SMILES string of the molecule is Cc1nn(-c2ccccc2)c(C)c1/C=C/C(=O)NC(C)C. The van der Waals surface area contributed by atoms with Crippen molar-refractivity contribution in [2.75, 3.05) is 0 Å². The number of hydrogen-bond donors (Lipinski definition) is 1. The minimum atomic E-state index is -0.0868. The maximum atomic E-state index is 11.7. The van der Waals surface area contributed by atoms with Crippen LogP contribution in [0.5, 0.6) is 0 Å². The highest BCUT2D eigenvalue weighted by Gasteiger charge is 2.10. The lowest BCUT2D eigenvalue weighted by Crippen LogP contribution is -2.28. The topological polar surface area (TPSA) is 46.9 Å². The van der Waals surface area contributed by atoms with Crippen LogP contribution in [-0.2, 0) is 4.79 Å². The van der Waals surface area contributed by atoms with Crippen LogP contribution in [0, 0.1) is 13.8 Å². The Kier molecular flexibility index (Phi) is 4.58. The number of nitrogens with zero attached hydrogens (tertiary/aromatic N) is 2. The number of hydrogen-bond acceptors (Lipinski definition) is 2. The summed E-state index contributed by atoms with van der Waals surface area (Å²) < 4.78 is 1.90. The fraction of sp³-hybridized carbons (Fsp3) is 0.294. The average molecular weight is 283 g/mol. The highest BCUT2D eigenvalue weighted by atomic mass is 16.1. The van der Waals surface area contributed by atoms with E-state index in [1.165, 1.54) is 0 Å². The lowest BCUT2D eigenvalue weighted by molar-refractivity contribution is -0.116. The van der Waals surface area contributed by atoms with Gasteiger partial charge in [-0.1, -0.05) is 18.2 Å². The summed E-state index contributed by atoms with van der Waals surface area (Å²) in [7, 11) is 0. The molecule has 0 fully saturated rings. The van der Waals surface area contributed by atoms with Crippen molar-refractivity contribution in [3.8, 4) is 5.69 Å². The predicted octanol–water partition coefficient (Wildman–Crippen LogP) is 3.03. The summed E-state index contributed by atoms with van der Waals surface area (Å²) in [6, 6.07) is 10.1. The van der Waals surface area contributed by atoms with Gasteiger partial charge in [0.2, 0.25) is 5.91 Å². The monoisotopic (exact) mass is 283 g/mol. The molecule has 2 rings (SSSR count). The van der Waals surface area contributed by atoms with Crippen molar-refractivity contribution < 1.29 is 4.79 Å². The van der Waals surface area contributed by atoms with Crippen molar-refractivity contribution in [2.24, 2.45) is 0 Å². The molecule has 1 aromatic carbocycles. The standard InChI is InChI=1S/C17H21N3O/c1-12(2)18-17(21)11-10-16-13(3)19-20(14(16)4)15-8-6-5-7-9-15/h5-12H,1-4H3,(H,18,21)/b11-10+. The molecule has 0 aliphatic rings. The van der Waals surface area contributed by atoms with Gasteiger partial charge in [0.25, 0.3) is 0 Å². The van der Waals surface area contributed by atoms with E-state index in [-0.39, 0.29) is 11.9 Å². The van der Waals surface area contributed by atoms with E-state index in [0.29, 0.717) is 0 Å². The molecule has 1 N–H and O–H groups in total. The lowest BCUT2D eigenvalue weighted by atomic mass is 10.2. The van der Waals surface area contributed by atoms with E-state index in [1.54, 1.807) is 6.08 Å². The van der Waals surface area contributed by atoms with E-state index in [0.717, 1.165) is 22.6 Å². The van der Waals surface area contributed by atoms with Crippen molar-refractivity contribution in [1.82, 2.24) is 15.1 Å². The number of para-hydroxylation sites is 1. The Bertz CT molecular complexity index is 654. The highest BCUT2D eigenvalue weighted by molar-refractivity contribution is 5.92. The van der Waals surface area contributed by atoms with E-state index in [1.807, 2.05) is 68.8 Å². The second kappa shape index (κ2) is 6.39. The summed E-state index contributed by atoms with van der Waals surface area (Å²) in [6.45, 7) is 7.84. The van der Waals surface area contributed by atoms with Crippen LogP contribution < -0.4 is 5.32 Å². The fourth-order valence-electron chi connectivity index (χ4n) is 2.21. The van der Waals surface area contributed by atoms with Crippen LogP contribution in [0.4, 0.5) is 0 Å². The Morgan fingerprint density at radius 2 is 1.90 bits per heavy atom. The van der Waals surface area contributed by atoms with E-state index in [4.69, 9.17) is 0 Å². The largest absolute Gasteiger partial charge is 0.350 e. The average Bonchev–Trinajstić information content (AvgIpc) is 2.72. The molecule has 0 atom stereocenters. The third-order valence-electron chi connectivity index (χ3n) is 3.18. The molecule has 1 amide bonds. The molecule has 0 saturated carbocycles. The van der Waals surface area contributed by atoms with Crippen LogP contribution in [0.25, 0.3) is 11.8 Å². The number of nitrogens with one attached hydrogen (secondary N) is 1. The molecule has 0 spiro atoms. The van der Waals surface area contributed by atoms with Crippen molar-refractivity contribution in [3.63, 3.8) is 0 Å². The highest BCUT2D eigenvalue weighted by Crippen LogP contribution is 2.18. The summed E-state index contributed by atoms with van der Waals surface area (Å²) in [5, 5.41) is 7.39. The van der Waals surface area contributed by atoms with Crippen LogP contribution in [0.1, 0.15) is 30.8 Å². The maximum absolute atomic E-state index is 11.7. The first kappa shape index (κ1) is 15.0. The Morgan fingerprint density at radius 3 is 2.52 bits per heavy atom. The second-order valence-corrected chi connectivity index (χ2v) is 5.33. The van der Waals surface area contributed by atoms with E-state index < -0.39 is 0 Å². The van der Waals surface area contributed by atoms with Gasteiger partial charge >= 0.3 is 0 Å². The Morgan fingerprint density at radius 1 is 1.24 bits per heavy atom. The van der Waals surface area contributed by atoms with Crippen LogP contribution in [-0.4, -0.2) is 21.7 Å². The van der Waals surface area contributed by atoms with Crippen molar-refractivity contribution in [3.05, 3.63) is 53.4 Å². The second-order valence-electron chi connectivity index (χ2n) is 5.33. The van der Waals surface area contributed by atoms with Gasteiger partial charge in [-0.25, -0.2) is 4.68 Å². The zero-order valence-corrected chi connectivity index (χ0v) is 12.9. The smallest absolute Gasteiger partial charge is 0.244 e. The van der Waals surface area contributed by atoms with E-state index >= 15 is 0 Å². The van der Waals surface area contributed by atoms with Crippen LogP contribution >= 0.6 is 0 Å². The van der Waals surface area contributed by atoms with Gasteiger partial charge in [0, 0.05) is 23.4 Å². The molecular formula is C17H21N3O. The Labute approximate surface area is 125 Å². The first-order valence-electron chi connectivity index (χ1n) is 7.09. The van der Waals surface area contributed by atoms with Crippen molar-refractivity contribution >= 4 is 12.0 Å². The number of carbonyl (C=O) groups excluding carboxylic acids is 1. The van der Waals surface area contributed by atoms with Crippen LogP contribution in [0.2, 0.25) is 0 Å². The molecule has 1 heterocycles. The number of amides is 1. The minimum Gasteiger partial charge on any atom is -0.350 e. The Hall–Kier alpha value is -2.36. The number of aromatic nitrogens is 2. The number of rotatable bonds is 4. The zero-order chi connectivity index (χ0) is 15.4. The van der Waals surface area contributed by atoms with Crippen molar-refractivity contribution in [2.45, 2.75) is 33.7 Å². The molecule has 0 unspecified atom stereocenters. The van der Waals surface area contributed by atoms with Gasteiger partial charge in [-0.05, 0) is 45.9 Å². The first-order chi connectivity index (χ1) is 9.99. The minimum absolute atomic E-state index is 0.0868. The van der Waals surface area contributed by atoms with Crippen molar-refractivity contribution in [1.29, 1.82) is 0 Å². The van der Waals surface area contributed by atoms with Gasteiger partial charge in [0.1, 0.15) is 0 Å². The normalized spacial score (nSPS) is 11.3. The molecule has 0 aliphatic carbocycles. The van der Waals surface area contributed by atoms with Gasteiger partial charge in [0.05, 0.1) is 11.4 Å². The lowest BCUT2D eigenvalue weighted by Gasteiger charge is -2.05. The quantitative estimate of drug-likeness (QED) is 0.877. The molecule has 0 radical (unpaired) electrons. The van der Waals surface area contributed by atoms with Gasteiger partial charge in [-0.15, -0.1) is 0 Å². The fourth-order valence-corrected chi connectivity index (χ4v) is 2.21. The molecule has 2 aromatic rings. The van der Waals surface area contributed by atoms with Gasteiger partial charge in [0.15, 0.2) is 0 Å². The summed E-state index contributed by atoms with van der Waals surface area (Å²) in [5.74, 6) is -0.0868. The molecule has 0 bridgehead atoms. The molecule has 0 aliphatic heterocycles. The zero-order valence-electron chi connectivity index (χ0n) is 12.9. The molecule has 4 heteroatoms. The summed E-state index contributed by atoms with van der Waals surface area (Å²) in [4.78, 5) is 11.7. The summed E-state index contributed by atoms with van der Waals surface area (Å²) in [5.41, 5.74) is 3.93. The van der Waals surface area contributed by atoms with Gasteiger partial charge in [-0.3, -0.25) is 4.79 Å². The third-order valence-corrected chi connectivity index (χ3v) is 3.18. The molecule has 1 aromatic heterocycles. The predicted molar refractivity (Wildman–Crippen MR) is 85.4 cm³/mol. The number of aryl methyl sites for hydroxylation is 1. The summed E-state index contributed by atoms with van der Waals surface area (Å²) in [6.07, 6.45) is 3.39. The maximum Gasteiger partial charge on any atom is 0.244 e. The van der Waals surface area contributed by atoms with E-state index in [2.05, 4.69) is 10.4 Å². The third kappa shape index (κ3) is 3.60. The molecule has 110 valence electrons.